The lowest BCUT2D eigenvalue weighted by molar-refractivity contribution is 0.0895. The van der Waals surface area contributed by atoms with Crippen molar-refractivity contribution in [1.82, 2.24) is 15.4 Å². The highest BCUT2D eigenvalue weighted by molar-refractivity contribution is 5.92. The summed E-state index contributed by atoms with van der Waals surface area (Å²) in [6.45, 7) is 3.05. The Kier molecular flexibility index (Phi) is 4.83. The zero-order valence-corrected chi connectivity index (χ0v) is 14.5. The van der Waals surface area contributed by atoms with Crippen molar-refractivity contribution in [3.05, 3.63) is 53.4 Å². The maximum absolute atomic E-state index is 12.4. The Morgan fingerprint density at radius 1 is 1.24 bits per heavy atom. The first-order valence-corrected chi connectivity index (χ1v) is 9.32. The minimum Gasteiger partial charge on any atom is -0.360 e. The Hall–Kier alpha value is -2.14. The molecule has 0 bridgehead atoms. The van der Waals surface area contributed by atoms with Crippen molar-refractivity contribution in [3.8, 4) is 0 Å². The standard InChI is InChI=1S/C20H25N3O2/c24-20(18-13-19(25-22-18)16-8-9-16)21-17-7-4-11-23(14-17)12-10-15-5-2-1-3-6-15/h1-3,5-6,13,16-17H,4,7-12,14H2,(H,21,24)/t17-/m0/s1. The van der Waals surface area contributed by atoms with E-state index in [4.69, 9.17) is 4.52 Å². The third-order valence-corrected chi connectivity index (χ3v) is 5.14. The molecule has 1 atom stereocenters. The van der Waals surface area contributed by atoms with Crippen molar-refractivity contribution >= 4 is 5.91 Å². The van der Waals surface area contributed by atoms with Crippen LogP contribution < -0.4 is 5.32 Å². The molecule has 1 aliphatic carbocycles. The summed E-state index contributed by atoms with van der Waals surface area (Å²) in [7, 11) is 0. The number of nitrogens with zero attached hydrogens (tertiary/aromatic N) is 2. The Morgan fingerprint density at radius 2 is 2.08 bits per heavy atom. The molecule has 1 saturated carbocycles. The van der Waals surface area contributed by atoms with E-state index in [9.17, 15) is 4.79 Å². The number of carbonyl (C=O) groups is 1. The first-order chi connectivity index (χ1) is 12.3. The van der Waals surface area contributed by atoms with Gasteiger partial charge >= 0.3 is 0 Å². The number of piperidine rings is 1. The second kappa shape index (κ2) is 7.40. The van der Waals surface area contributed by atoms with E-state index >= 15 is 0 Å². The summed E-state index contributed by atoms with van der Waals surface area (Å²) in [6, 6.07) is 12.6. The van der Waals surface area contributed by atoms with Gasteiger partial charge in [0.25, 0.3) is 5.91 Å². The molecule has 4 rings (SSSR count). The van der Waals surface area contributed by atoms with Gasteiger partial charge in [-0.1, -0.05) is 35.5 Å². The van der Waals surface area contributed by atoms with Crippen LogP contribution >= 0.6 is 0 Å². The molecule has 0 unspecified atom stereocenters. The summed E-state index contributed by atoms with van der Waals surface area (Å²) in [4.78, 5) is 14.8. The van der Waals surface area contributed by atoms with Crippen LogP contribution in [0, 0.1) is 0 Å². The van der Waals surface area contributed by atoms with Gasteiger partial charge < -0.3 is 14.7 Å². The highest BCUT2D eigenvalue weighted by Crippen LogP contribution is 2.40. The lowest BCUT2D eigenvalue weighted by atomic mass is 10.0. The molecular weight excluding hydrogens is 314 g/mol. The largest absolute Gasteiger partial charge is 0.360 e. The SMILES string of the molecule is O=C(N[C@H]1CCCN(CCc2ccccc2)C1)c1cc(C2CC2)on1. The molecule has 1 N–H and O–H groups in total. The van der Waals surface area contributed by atoms with Crippen LogP contribution in [0.3, 0.4) is 0 Å². The van der Waals surface area contributed by atoms with E-state index in [-0.39, 0.29) is 11.9 Å². The molecule has 1 amide bonds. The molecule has 1 saturated heterocycles. The number of amides is 1. The van der Waals surface area contributed by atoms with Gasteiger partial charge in [0.05, 0.1) is 0 Å². The van der Waals surface area contributed by atoms with Gasteiger partial charge in [-0.2, -0.15) is 0 Å². The van der Waals surface area contributed by atoms with Crippen molar-refractivity contribution < 1.29 is 9.32 Å². The summed E-state index contributed by atoms with van der Waals surface area (Å²) in [5, 5.41) is 7.07. The van der Waals surface area contributed by atoms with Crippen LogP contribution in [0.1, 0.15) is 53.4 Å². The van der Waals surface area contributed by atoms with E-state index in [1.54, 1.807) is 0 Å². The first-order valence-electron chi connectivity index (χ1n) is 9.32. The molecule has 2 aromatic rings. The lowest BCUT2D eigenvalue weighted by Crippen LogP contribution is -2.48. The Balaban J connectivity index is 1.27. The number of hydrogen-bond acceptors (Lipinski definition) is 4. The van der Waals surface area contributed by atoms with Gasteiger partial charge in [0.2, 0.25) is 0 Å². The van der Waals surface area contributed by atoms with Gasteiger partial charge in [-0.05, 0) is 44.2 Å². The molecule has 132 valence electrons. The van der Waals surface area contributed by atoms with E-state index in [1.165, 1.54) is 5.56 Å². The molecule has 1 aliphatic heterocycles. The highest BCUT2D eigenvalue weighted by Gasteiger charge is 2.29. The van der Waals surface area contributed by atoms with Crippen LogP contribution in [0.25, 0.3) is 0 Å². The number of hydrogen-bond donors (Lipinski definition) is 1. The summed E-state index contributed by atoms with van der Waals surface area (Å²) >= 11 is 0. The minimum absolute atomic E-state index is 0.106. The topological polar surface area (TPSA) is 58.4 Å². The van der Waals surface area contributed by atoms with Crippen molar-refractivity contribution in [1.29, 1.82) is 0 Å². The lowest BCUT2D eigenvalue weighted by Gasteiger charge is -2.33. The van der Waals surface area contributed by atoms with Crippen molar-refractivity contribution in [2.75, 3.05) is 19.6 Å². The number of carbonyl (C=O) groups excluding carboxylic acids is 1. The molecule has 25 heavy (non-hydrogen) atoms. The van der Waals surface area contributed by atoms with Crippen molar-refractivity contribution in [2.24, 2.45) is 0 Å². The quantitative estimate of drug-likeness (QED) is 0.879. The van der Waals surface area contributed by atoms with Gasteiger partial charge in [-0.3, -0.25) is 4.79 Å². The van der Waals surface area contributed by atoms with E-state index in [0.717, 1.165) is 57.5 Å². The fourth-order valence-corrected chi connectivity index (χ4v) is 3.52. The normalized spacial score (nSPS) is 21.2. The van der Waals surface area contributed by atoms with E-state index in [2.05, 4.69) is 45.7 Å². The molecule has 1 aromatic heterocycles. The van der Waals surface area contributed by atoms with Crippen molar-refractivity contribution in [3.63, 3.8) is 0 Å². The van der Waals surface area contributed by atoms with Gasteiger partial charge in [0, 0.05) is 31.1 Å². The second-order valence-electron chi connectivity index (χ2n) is 7.24. The predicted octanol–water partition coefficient (Wildman–Crippen LogP) is 2.99. The molecule has 0 radical (unpaired) electrons. The molecule has 5 nitrogen and oxygen atoms in total. The zero-order chi connectivity index (χ0) is 17.1. The second-order valence-corrected chi connectivity index (χ2v) is 7.24. The average Bonchev–Trinajstić information content (AvgIpc) is 3.38. The van der Waals surface area contributed by atoms with Crippen LogP contribution in [0.15, 0.2) is 40.9 Å². The fraction of sp³-hybridized carbons (Fsp3) is 0.500. The first kappa shape index (κ1) is 16.3. The number of likely N-dealkylation sites (tertiary alicyclic amines) is 1. The Labute approximate surface area is 148 Å². The summed E-state index contributed by atoms with van der Waals surface area (Å²) in [5.74, 6) is 1.24. The van der Waals surface area contributed by atoms with Crippen LogP contribution in [-0.4, -0.2) is 41.6 Å². The van der Waals surface area contributed by atoms with Gasteiger partial charge in [-0.15, -0.1) is 0 Å². The minimum atomic E-state index is -0.106. The maximum Gasteiger partial charge on any atom is 0.273 e. The predicted molar refractivity (Wildman–Crippen MR) is 95.6 cm³/mol. The summed E-state index contributed by atoms with van der Waals surface area (Å²) < 4.78 is 5.29. The Bertz CT molecular complexity index is 709. The van der Waals surface area contributed by atoms with Crippen LogP contribution in [0.4, 0.5) is 0 Å². The fourth-order valence-electron chi connectivity index (χ4n) is 3.52. The number of benzene rings is 1. The molecule has 1 aromatic carbocycles. The van der Waals surface area contributed by atoms with Crippen molar-refractivity contribution in [2.45, 2.75) is 44.1 Å². The highest BCUT2D eigenvalue weighted by atomic mass is 16.5. The summed E-state index contributed by atoms with van der Waals surface area (Å²) in [5.41, 5.74) is 1.78. The van der Waals surface area contributed by atoms with E-state index in [1.807, 2.05) is 6.07 Å². The third-order valence-electron chi connectivity index (χ3n) is 5.14. The van der Waals surface area contributed by atoms with E-state index in [0.29, 0.717) is 11.6 Å². The van der Waals surface area contributed by atoms with Gasteiger partial charge in [0.15, 0.2) is 5.69 Å². The van der Waals surface area contributed by atoms with Crippen LogP contribution in [0.5, 0.6) is 0 Å². The monoisotopic (exact) mass is 339 g/mol. The number of nitrogens with one attached hydrogen (secondary N) is 1. The smallest absolute Gasteiger partial charge is 0.273 e. The molecule has 5 heteroatoms. The maximum atomic E-state index is 12.4. The molecule has 2 fully saturated rings. The van der Waals surface area contributed by atoms with E-state index < -0.39 is 0 Å². The molecule has 0 spiro atoms. The molecule has 2 heterocycles. The third kappa shape index (κ3) is 4.28. The van der Waals surface area contributed by atoms with Gasteiger partial charge in [-0.25, -0.2) is 0 Å². The number of rotatable bonds is 6. The molecule has 2 aliphatic rings. The van der Waals surface area contributed by atoms with Crippen LogP contribution in [-0.2, 0) is 6.42 Å². The number of aromatic nitrogens is 1. The van der Waals surface area contributed by atoms with Crippen LogP contribution in [0.2, 0.25) is 0 Å². The average molecular weight is 339 g/mol. The summed E-state index contributed by atoms with van der Waals surface area (Å²) in [6.07, 6.45) is 5.49. The zero-order valence-electron chi connectivity index (χ0n) is 14.5. The Morgan fingerprint density at radius 3 is 2.88 bits per heavy atom. The molecular formula is C20H25N3O2. The van der Waals surface area contributed by atoms with Gasteiger partial charge in [0.1, 0.15) is 5.76 Å².